The van der Waals surface area contributed by atoms with Gasteiger partial charge in [-0.25, -0.2) is 5.48 Å². The van der Waals surface area contributed by atoms with Crippen LogP contribution in [0, 0.1) is 0 Å². The summed E-state index contributed by atoms with van der Waals surface area (Å²) >= 11 is 0. The summed E-state index contributed by atoms with van der Waals surface area (Å²) in [5, 5.41) is 8.26. The van der Waals surface area contributed by atoms with E-state index in [0.29, 0.717) is 5.56 Å². The summed E-state index contributed by atoms with van der Waals surface area (Å²) in [5.41, 5.74) is 2.98. The Balaban J connectivity index is 2.80. The molecule has 11 heavy (non-hydrogen) atoms. The van der Waals surface area contributed by atoms with Gasteiger partial charge in [-0.05, 0) is 12.5 Å². The Hall–Kier alpha value is -1.29. The van der Waals surface area contributed by atoms with Crippen LogP contribution in [0.2, 0.25) is 0 Å². The third-order valence-corrected chi connectivity index (χ3v) is 1.49. The van der Waals surface area contributed by atoms with Crippen LogP contribution in [-0.4, -0.2) is 16.1 Å². The standard InChI is InChI=1S/C7H10N2O2/c1-2-6-3-5(4-8-6)7(10)9-11/h3-4,8,11H,2H2,1H3,(H,9,10). The minimum absolute atomic E-state index is 0.448. The average molecular weight is 154 g/mol. The molecular weight excluding hydrogens is 144 g/mol. The molecule has 1 amide bonds. The van der Waals surface area contributed by atoms with E-state index in [0.717, 1.165) is 12.1 Å². The Morgan fingerprint density at radius 2 is 2.55 bits per heavy atom. The Morgan fingerprint density at radius 1 is 1.82 bits per heavy atom. The molecule has 0 spiro atoms. The summed E-state index contributed by atoms with van der Waals surface area (Å²) in [6, 6.07) is 1.70. The number of amides is 1. The minimum Gasteiger partial charge on any atom is -0.364 e. The first kappa shape index (κ1) is 7.81. The lowest BCUT2D eigenvalue weighted by molar-refractivity contribution is 0.0706. The van der Waals surface area contributed by atoms with Crippen molar-refractivity contribution in [3.05, 3.63) is 23.5 Å². The Labute approximate surface area is 64.2 Å². The quantitative estimate of drug-likeness (QED) is 0.433. The van der Waals surface area contributed by atoms with Crippen molar-refractivity contribution >= 4 is 5.91 Å². The molecule has 3 N–H and O–H groups in total. The number of hydrogen-bond donors (Lipinski definition) is 3. The highest BCUT2D eigenvalue weighted by Crippen LogP contribution is 2.02. The van der Waals surface area contributed by atoms with E-state index < -0.39 is 5.91 Å². The van der Waals surface area contributed by atoms with Crippen molar-refractivity contribution in [3.8, 4) is 0 Å². The highest BCUT2D eigenvalue weighted by Gasteiger charge is 2.04. The van der Waals surface area contributed by atoms with Crippen molar-refractivity contribution in [1.29, 1.82) is 0 Å². The van der Waals surface area contributed by atoms with Crippen LogP contribution in [0.1, 0.15) is 23.0 Å². The first-order valence-corrected chi connectivity index (χ1v) is 3.39. The van der Waals surface area contributed by atoms with Gasteiger partial charge in [0.2, 0.25) is 0 Å². The molecule has 60 valence electrons. The third kappa shape index (κ3) is 1.59. The van der Waals surface area contributed by atoms with E-state index in [9.17, 15) is 4.79 Å². The molecule has 0 atom stereocenters. The summed E-state index contributed by atoms with van der Waals surface area (Å²) in [6.07, 6.45) is 2.41. The Morgan fingerprint density at radius 3 is 3.00 bits per heavy atom. The molecule has 0 aliphatic heterocycles. The molecule has 0 aromatic carbocycles. The molecule has 0 saturated carbocycles. The summed E-state index contributed by atoms with van der Waals surface area (Å²) in [4.78, 5) is 13.7. The van der Waals surface area contributed by atoms with Gasteiger partial charge in [0, 0.05) is 11.9 Å². The van der Waals surface area contributed by atoms with E-state index >= 15 is 0 Å². The van der Waals surface area contributed by atoms with Gasteiger partial charge in [-0.3, -0.25) is 10.0 Å². The van der Waals surface area contributed by atoms with E-state index in [1.807, 2.05) is 6.92 Å². The van der Waals surface area contributed by atoms with E-state index in [1.165, 1.54) is 0 Å². The number of carbonyl (C=O) groups is 1. The highest BCUT2D eigenvalue weighted by atomic mass is 16.5. The van der Waals surface area contributed by atoms with Crippen LogP contribution < -0.4 is 5.48 Å². The van der Waals surface area contributed by atoms with Gasteiger partial charge in [0.25, 0.3) is 5.91 Å². The molecule has 4 heteroatoms. The summed E-state index contributed by atoms with van der Waals surface area (Å²) in [7, 11) is 0. The molecule has 0 fully saturated rings. The van der Waals surface area contributed by atoms with Gasteiger partial charge in [0.05, 0.1) is 5.56 Å². The number of aromatic nitrogens is 1. The maximum Gasteiger partial charge on any atom is 0.276 e. The molecule has 1 aromatic heterocycles. The van der Waals surface area contributed by atoms with Gasteiger partial charge in [-0.2, -0.15) is 0 Å². The maximum atomic E-state index is 10.8. The van der Waals surface area contributed by atoms with E-state index in [1.54, 1.807) is 17.7 Å². The number of carbonyl (C=O) groups excluding carboxylic acids is 1. The second-order valence-corrected chi connectivity index (χ2v) is 2.21. The minimum atomic E-state index is -0.485. The lowest BCUT2D eigenvalue weighted by Gasteiger charge is -1.90. The fourth-order valence-electron chi connectivity index (χ4n) is 0.841. The van der Waals surface area contributed by atoms with Crippen LogP contribution in [0.4, 0.5) is 0 Å². The molecule has 0 bridgehead atoms. The lowest BCUT2D eigenvalue weighted by Crippen LogP contribution is -2.17. The molecule has 0 saturated heterocycles. The molecular formula is C7H10N2O2. The van der Waals surface area contributed by atoms with Gasteiger partial charge in [0.1, 0.15) is 0 Å². The molecule has 1 rings (SSSR count). The zero-order chi connectivity index (χ0) is 8.27. The van der Waals surface area contributed by atoms with Crippen molar-refractivity contribution in [1.82, 2.24) is 10.5 Å². The summed E-state index contributed by atoms with van der Waals surface area (Å²) in [6.45, 7) is 1.98. The van der Waals surface area contributed by atoms with Crippen molar-refractivity contribution in [2.24, 2.45) is 0 Å². The second kappa shape index (κ2) is 3.21. The summed E-state index contributed by atoms with van der Waals surface area (Å²) in [5.74, 6) is -0.485. The van der Waals surface area contributed by atoms with Crippen molar-refractivity contribution in [2.75, 3.05) is 0 Å². The number of aromatic amines is 1. The highest BCUT2D eigenvalue weighted by molar-refractivity contribution is 5.93. The van der Waals surface area contributed by atoms with Crippen molar-refractivity contribution in [2.45, 2.75) is 13.3 Å². The molecule has 0 aliphatic carbocycles. The number of hydrogen-bond acceptors (Lipinski definition) is 2. The van der Waals surface area contributed by atoms with Crippen LogP contribution in [0.3, 0.4) is 0 Å². The fraction of sp³-hybridized carbons (Fsp3) is 0.286. The monoisotopic (exact) mass is 154 g/mol. The van der Waals surface area contributed by atoms with Gasteiger partial charge in [-0.15, -0.1) is 0 Å². The molecule has 1 aromatic rings. The van der Waals surface area contributed by atoms with Crippen LogP contribution in [0.5, 0.6) is 0 Å². The molecule has 1 heterocycles. The first-order valence-electron chi connectivity index (χ1n) is 3.39. The van der Waals surface area contributed by atoms with E-state index in [2.05, 4.69) is 4.98 Å². The van der Waals surface area contributed by atoms with Crippen molar-refractivity contribution < 1.29 is 10.0 Å². The predicted molar refractivity (Wildman–Crippen MR) is 39.4 cm³/mol. The van der Waals surface area contributed by atoms with Crippen LogP contribution in [0.25, 0.3) is 0 Å². The topological polar surface area (TPSA) is 65.1 Å². The van der Waals surface area contributed by atoms with E-state index in [4.69, 9.17) is 5.21 Å². The molecule has 0 radical (unpaired) electrons. The van der Waals surface area contributed by atoms with Crippen LogP contribution in [0.15, 0.2) is 12.3 Å². The van der Waals surface area contributed by atoms with Crippen LogP contribution in [-0.2, 0) is 6.42 Å². The van der Waals surface area contributed by atoms with Gasteiger partial charge >= 0.3 is 0 Å². The zero-order valence-electron chi connectivity index (χ0n) is 6.22. The third-order valence-electron chi connectivity index (χ3n) is 1.49. The number of aryl methyl sites for hydroxylation is 1. The first-order chi connectivity index (χ1) is 5.27. The fourth-order valence-corrected chi connectivity index (χ4v) is 0.841. The SMILES string of the molecule is CCc1cc(C(=O)NO)c[nH]1. The number of H-pyrrole nitrogens is 1. The lowest BCUT2D eigenvalue weighted by atomic mass is 10.3. The molecule has 0 unspecified atom stereocenters. The van der Waals surface area contributed by atoms with E-state index in [-0.39, 0.29) is 0 Å². The zero-order valence-corrected chi connectivity index (χ0v) is 6.22. The van der Waals surface area contributed by atoms with Gasteiger partial charge in [0.15, 0.2) is 0 Å². The molecule has 4 nitrogen and oxygen atoms in total. The van der Waals surface area contributed by atoms with Gasteiger partial charge < -0.3 is 4.98 Å². The Kier molecular flexibility index (Phi) is 2.28. The Bertz CT molecular complexity index is 255. The second-order valence-electron chi connectivity index (χ2n) is 2.21. The smallest absolute Gasteiger partial charge is 0.276 e. The van der Waals surface area contributed by atoms with Crippen LogP contribution >= 0.6 is 0 Å². The van der Waals surface area contributed by atoms with Gasteiger partial charge in [-0.1, -0.05) is 6.92 Å². The number of rotatable bonds is 2. The number of nitrogens with one attached hydrogen (secondary N) is 2. The molecule has 0 aliphatic rings. The van der Waals surface area contributed by atoms with Crippen molar-refractivity contribution in [3.63, 3.8) is 0 Å². The number of hydroxylamine groups is 1. The normalized spacial score (nSPS) is 9.64. The average Bonchev–Trinajstić information content (AvgIpc) is 2.50. The maximum absolute atomic E-state index is 10.8. The predicted octanol–water partition coefficient (Wildman–Crippen LogP) is 0.696. The largest absolute Gasteiger partial charge is 0.364 e. The summed E-state index contributed by atoms with van der Waals surface area (Å²) < 4.78 is 0.